The van der Waals surface area contributed by atoms with Crippen LogP contribution in [0.3, 0.4) is 0 Å². The van der Waals surface area contributed by atoms with E-state index in [0.717, 1.165) is 6.42 Å². The molecule has 1 aliphatic rings. The van der Waals surface area contributed by atoms with Gasteiger partial charge in [-0.2, -0.15) is 0 Å². The molecule has 2 N–H and O–H groups in total. The fraction of sp³-hybridized carbons (Fsp3) is 0.700. The Kier molecular flexibility index (Phi) is 3.70. The summed E-state index contributed by atoms with van der Waals surface area (Å²) in [4.78, 5) is 13.8. The molecule has 0 aliphatic carbocycles. The summed E-state index contributed by atoms with van der Waals surface area (Å²) in [7, 11) is 1.66. The van der Waals surface area contributed by atoms with Crippen LogP contribution in [0.4, 0.5) is 0 Å². The third-order valence-electron chi connectivity index (χ3n) is 2.88. The van der Waals surface area contributed by atoms with Crippen molar-refractivity contribution >= 4 is 5.91 Å². The molecule has 1 aromatic heterocycles. The molecule has 1 atom stereocenters. The maximum atomic E-state index is 12.0. The van der Waals surface area contributed by atoms with E-state index in [9.17, 15) is 4.79 Å². The number of amides is 1. The number of aromatic nitrogens is 3. The van der Waals surface area contributed by atoms with E-state index in [1.165, 1.54) is 0 Å². The summed E-state index contributed by atoms with van der Waals surface area (Å²) in [5.41, 5.74) is 5.77. The Morgan fingerprint density at radius 1 is 1.71 bits per heavy atom. The van der Waals surface area contributed by atoms with E-state index in [4.69, 9.17) is 10.5 Å². The van der Waals surface area contributed by atoms with Gasteiger partial charge in [-0.05, 0) is 6.42 Å². The second kappa shape index (κ2) is 5.24. The smallest absolute Gasteiger partial charge is 0.276 e. The molecule has 0 bridgehead atoms. The lowest BCUT2D eigenvalue weighted by Gasteiger charge is -2.13. The Hall–Kier alpha value is -1.47. The van der Waals surface area contributed by atoms with Gasteiger partial charge >= 0.3 is 0 Å². The first-order valence-electron chi connectivity index (χ1n) is 5.67. The molecule has 1 unspecified atom stereocenters. The number of hydrogen-bond donors (Lipinski definition) is 1. The monoisotopic (exact) mass is 239 g/mol. The zero-order valence-corrected chi connectivity index (χ0v) is 9.87. The van der Waals surface area contributed by atoms with E-state index in [1.54, 1.807) is 22.9 Å². The lowest BCUT2D eigenvalue weighted by molar-refractivity contribution is 0.0719. The molecule has 0 saturated carbocycles. The molecule has 0 radical (unpaired) electrons. The standard InChI is InChI=1S/C10H17N5O2/c1-17-8-2-4-14(6-8)10(16)9-7-15(5-3-11)13-12-9/h7-8H,2-6,11H2,1H3. The van der Waals surface area contributed by atoms with Gasteiger partial charge < -0.3 is 15.4 Å². The highest BCUT2D eigenvalue weighted by atomic mass is 16.5. The molecule has 7 heteroatoms. The Bertz CT molecular complexity index is 392. The van der Waals surface area contributed by atoms with Crippen LogP contribution in [0.2, 0.25) is 0 Å². The molecule has 2 heterocycles. The van der Waals surface area contributed by atoms with E-state index in [-0.39, 0.29) is 12.0 Å². The minimum absolute atomic E-state index is 0.0900. The highest BCUT2D eigenvalue weighted by Gasteiger charge is 2.28. The van der Waals surface area contributed by atoms with Gasteiger partial charge in [-0.3, -0.25) is 9.48 Å². The van der Waals surface area contributed by atoms with Crippen LogP contribution in [0.15, 0.2) is 6.20 Å². The Balaban J connectivity index is 1.99. The molecule has 7 nitrogen and oxygen atoms in total. The molecule has 1 amide bonds. The molecule has 1 fully saturated rings. The van der Waals surface area contributed by atoms with Crippen molar-refractivity contribution in [1.82, 2.24) is 19.9 Å². The Morgan fingerprint density at radius 3 is 3.18 bits per heavy atom. The normalized spacial score (nSPS) is 19.9. The molecular weight excluding hydrogens is 222 g/mol. The van der Waals surface area contributed by atoms with Crippen LogP contribution in [-0.2, 0) is 11.3 Å². The van der Waals surface area contributed by atoms with Crippen molar-refractivity contribution in [3.63, 3.8) is 0 Å². The third kappa shape index (κ3) is 2.62. The lowest BCUT2D eigenvalue weighted by atomic mass is 10.3. The van der Waals surface area contributed by atoms with E-state index in [0.29, 0.717) is 31.9 Å². The van der Waals surface area contributed by atoms with Gasteiger partial charge in [0.05, 0.1) is 18.8 Å². The van der Waals surface area contributed by atoms with Gasteiger partial charge in [0.1, 0.15) is 0 Å². The second-order valence-corrected chi connectivity index (χ2v) is 4.05. The molecule has 1 aliphatic heterocycles. The fourth-order valence-corrected chi connectivity index (χ4v) is 1.91. The van der Waals surface area contributed by atoms with Crippen LogP contribution in [0.5, 0.6) is 0 Å². The van der Waals surface area contributed by atoms with E-state index >= 15 is 0 Å². The Morgan fingerprint density at radius 2 is 2.53 bits per heavy atom. The van der Waals surface area contributed by atoms with Crippen LogP contribution in [0.25, 0.3) is 0 Å². The van der Waals surface area contributed by atoms with Crippen molar-refractivity contribution in [2.45, 2.75) is 19.1 Å². The summed E-state index contributed by atoms with van der Waals surface area (Å²) >= 11 is 0. The zero-order chi connectivity index (χ0) is 12.3. The summed E-state index contributed by atoms with van der Waals surface area (Å²) in [5.74, 6) is -0.0900. The van der Waals surface area contributed by atoms with Crippen molar-refractivity contribution < 1.29 is 9.53 Å². The first-order chi connectivity index (χ1) is 8.24. The number of ether oxygens (including phenoxy) is 1. The van der Waals surface area contributed by atoms with Crippen LogP contribution in [-0.4, -0.2) is 58.6 Å². The van der Waals surface area contributed by atoms with Gasteiger partial charge in [0, 0.05) is 26.7 Å². The number of nitrogens with zero attached hydrogens (tertiary/aromatic N) is 4. The average molecular weight is 239 g/mol. The van der Waals surface area contributed by atoms with Crippen LogP contribution >= 0.6 is 0 Å². The number of nitrogens with two attached hydrogens (primary N) is 1. The van der Waals surface area contributed by atoms with Crippen LogP contribution in [0.1, 0.15) is 16.9 Å². The minimum atomic E-state index is -0.0900. The number of rotatable bonds is 4. The number of methoxy groups -OCH3 is 1. The highest BCUT2D eigenvalue weighted by molar-refractivity contribution is 5.92. The maximum absolute atomic E-state index is 12.0. The SMILES string of the molecule is COC1CCN(C(=O)c2cn(CCN)nn2)C1. The Labute approximate surface area is 99.5 Å². The number of carbonyl (C=O) groups is 1. The van der Waals surface area contributed by atoms with Crippen LogP contribution in [0, 0.1) is 0 Å². The molecule has 0 spiro atoms. The molecule has 1 saturated heterocycles. The number of hydrogen-bond acceptors (Lipinski definition) is 5. The molecule has 0 aromatic carbocycles. The number of carbonyl (C=O) groups excluding carboxylic acids is 1. The van der Waals surface area contributed by atoms with Gasteiger partial charge in [-0.15, -0.1) is 5.10 Å². The van der Waals surface area contributed by atoms with Crippen molar-refractivity contribution in [3.8, 4) is 0 Å². The second-order valence-electron chi connectivity index (χ2n) is 4.05. The van der Waals surface area contributed by atoms with Crippen LogP contribution < -0.4 is 5.73 Å². The summed E-state index contributed by atoms with van der Waals surface area (Å²) in [6, 6.07) is 0. The van der Waals surface area contributed by atoms with Crippen molar-refractivity contribution in [2.75, 3.05) is 26.7 Å². The predicted molar refractivity (Wildman–Crippen MR) is 60.4 cm³/mol. The molecule has 1 aromatic rings. The van der Waals surface area contributed by atoms with E-state index in [2.05, 4.69) is 10.3 Å². The van der Waals surface area contributed by atoms with E-state index in [1.807, 2.05) is 0 Å². The number of likely N-dealkylation sites (tertiary alicyclic amines) is 1. The van der Waals surface area contributed by atoms with Gasteiger partial charge in [0.2, 0.25) is 0 Å². The predicted octanol–water partition coefficient (Wildman–Crippen LogP) is -0.902. The fourth-order valence-electron chi connectivity index (χ4n) is 1.91. The first-order valence-corrected chi connectivity index (χ1v) is 5.67. The van der Waals surface area contributed by atoms with Gasteiger partial charge in [0.25, 0.3) is 5.91 Å². The minimum Gasteiger partial charge on any atom is -0.380 e. The summed E-state index contributed by atoms with van der Waals surface area (Å²) < 4.78 is 6.80. The lowest BCUT2D eigenvalue weighted by Crippen LogP contribution is -2.30. The molecular formula is C10H17N5O2. The van der Waals surface area contributed by atoms with Crippen molar-refractivity contribution in [2.24, 2.45) is 5.73 Å². The first kappa shape index (κ1) is 12.0. The summed E-state index contributed by atoms with van der Waals surface area (Å²) in [6.07, 6.45) is 2.65. The van der Waals surface area contributed by atoms with Crippen molar-refractivity contribution in [1.29, 1.82) is 0 Å². The topological polar surface area (TPSA) is 86.3 Å². The van der Waals surface area contributed by atoms with E-state index < -0.39 is 0 Å². The van der Waals surface area contributed by atoms with Gasteiger partial charge in [-0.1, -0.05) is 5.21 Å². The van der Waals surface area contributed by atoms with Gasteiger partial charge in [-0.25, -0.2) is 0 Å². The maximum Gasteiger partial charge on any atom is 0.276 e. The zero-order valence-electron chi connectivity index (χ0n) is 9.87. The largest absolute Gasteiger partial charge is 0.380 e. The summed E-state index contributed by atoms with van der Waals surface area (Å²) in [6.45, 7) is 2.38. The highest BCUT2D eigenvalue weighted by Crippen LogP contribution is 2.14. The molecule has 94 valence electrons. The third-order valence-corrected chi connectivity index (χ3v) is 2.88. The van der Waals surface area contributed by atoms with Gasteiger partial charge in [0.15, 0.2) is 5.69 Å². The molecule has 2 rings (SSSR count). The quantitative estimate of drug-likeness (QED) is 0.735. The average Bonchev–Trinajstić information content (AvgIpc) is 2.97. The summed E-state index contributed by atoms with van der Waals surface area (Å²) in [5, 5.41) is 7.70. The molecule has 17 heavy (non-hydrogen) atoms. The van der Waals surface area contributed by atoms with Crippen molar-refractivity contribution in [3.05, 3.63) is 11.9 Å².